The third-order valence-corrected chi connectivity index (χ3v) is 7.77. The summed E-state index contributed by atoms with van der Waals surface area (Å²) >= 11 is 1.24. The van der Waals surface area contributed by atoms with Crippen LogP contribution in [0.5, 0.6) is 11.5 Å². The number of aliphatic hydroxyl groups excluding tert-OH is 1. The summed E-state index contributed by atoms with van der Waals surface area (Å²) in [5.74, 6) is -1.35. The number of ketones is 1. The molecule has 190 valence electrons. The van der Waals surface area contributed by atoms with E-state index < -0.39 is 17.7 Å². The summed E-state index contributed by atoms with van der Waals surface area (Å²) in [6, 6.07) is 14.3. The van der Waals surface area contributed by atoms with Gasteiger partial charge in [0.05, 0.1) is 34.6 Å². The number of hydrogen-bond acceptors (Lipinski definition) is 8. The van der Waals surface area contributed by atoms with Crippen molar-refractivity contribution in [2.24, 2.45) is 0 Å². The van der Waals surface area contributed by atoms with E-state index in [4.69, 9.17) is 4.74 Å². The van der Waals surface area contributed by atoms with Crippen LogP contribution in [0, 0.1) is 13.8 Å². The van der Waals surface area contributed by atoms with Crippen molar-refractivity contribution < 1.29 is 24.5 Å². The molecule has 5 aromatic rings. The monoisotopic (exact) mass is 526 g/mol. The van der Waals surface area contributed by atoms with Crippen LogP contribution in [0.4, 0.5) is 5.13 Å². The lowest BCUT2D eigenvalue weighted by molar-refractivity contribution is -0.132. The van der Waals surface area contributed by atoms with Crippen LogP contribution in [-0.2, 0) is 9.59 Å². The molecule has 1 amide bonds. The van der Waals surface area contributed by atoms with Crippen LogP contribution in [0.25, 0.3) is 21.6 Å². The first-order valence-corrected chi connectivity index (χ1v) is 12.6. The molecule has 1 saturated heterocycles. The molecule has 1 atom stereocenters. The lowest BCUT2D eigenvalue weighted by atomic mass is 9.96. The van der Waals surface area contributed by atoms with Gasteiger partial charge in [0.2, 0.25) is 0 Å². The molecule has 1 unspecified atom stereocenters. The fraction of sp³-hybridized carbons (Fsp3) is 0.143. The Morgan fingerprint density at radius 2 is 1.82 bits per heavy atom. The van der Waals surface area contributed by atoms with Crippen LogP contribution >= 0.6 is 11.3 Å². The number of methoxy groups -OCH3 is 1. The maximum absolute atomic E-state index is 13.5. The minimum atomic E-state index is -0.983. The number of phenolic OH excluding ortho intramolecular Hbond substituents is 1. The molecule has 1 aliphatic rings. The zero-order chi connectivity index (χ0) is 26.7. The van der Waals surface area contributed by atoms with Crippen LogP contribution in [0.1, 0.15) is 28.6 Å². The van der Waals surface area contributed by atoms with Gasteiger partial charge in [-0.1, -0.05) is 29.5 Å². The van der Waals surface area contributed by atoms with Crippen molar-refractivity contribution in [3.63, 3.8) is 0 Å². The molecular weight excluding hydrogens is 504 g/mol. The predicted octanol–water partition coefficient (Wildman–Crippen LogP) is 4.90. The SMILES string of the molecule is COc1ccc2nc(N3C(=O)C(=O)C(=C(O)c4nc5c(C)cccn5c4C)C3c3ccc(O)cc3)sc2c1. The molecule has 4 heterocycles. The molecule has 1 aliphatic heterocycles. The quantitative estimate of drug-likeness (QED) is 0.194. The Morgan fingerprint density at radius 1 is 1.05 bits per heavy atom. The Labute approximate surface area is 220 Å². The molecule has 9 nitrogen and oxygen atoms in total. The molecule has 0 aliphatic carbocycles. The number of phenols is 1. The van der Waals surface area contributed by atoms with Crippen molar-refractivity contribution in [3.8, 4) is 11.5 Å². The smallest absolute Gasteiger partial charge is 0.301 e. The number of ether oxygens (including phenoxy) is 1. The van der Waals surface area contributed by atoms with Gasteiger partial charge in [0, 0.05) is 6.20 Å². The van der Waals surface area contributed by atoms with E-state index in [0.717, 1.165) is 10.3 Å². The first-order chi connectivity index (χ1) is 18.3. The third kappa shape index (κ3) is 3.52. The van der Waals surface area contributed by atoms with Crippen molar-refractivity contribution in [1.29, 1.82) is 0 Å². The fourth-order valence-corrected chi connectivity index (χ4v) is 5.82. The van der Waals surface area contributed by atoms with E-state index in [0.29, 0.717) is 33.3 Å². The summed E-state index contributed by atoms with van der Waals surface area (Å²) in [7, 11) is 1.56. The number of aromatic nitrogens is 3. The number of amides is 1. The molecular formula is C28H22N4O5S. The lowest BCUT2D eigenvalue weighted by Gasteiger charge is -2.22. The number of aryl methyl sites for hydroxylation is 2. The number of benzene rings is 2. The highest BCUT2D eigenvalue weighted by Gasteiger charge is 2.48. The van der Waals surface area contributed by atoms with Crippen LogP contribution in [0.15, 0.2) is 66.4 Å². The van der Waals surface area contributed by atoms with E-state index in [1.54, 1.807) is 38.3 Å². The molecule has 38 heavy (non-hydrogen) atoms. The lowest BCUT2D eigenvalue weighted by Crippen LogP contribution is -2.29. The topological polar surface area (TPSA) is 117 Å². The van der Waals surface area contributed by atoms with Gasteiger partial charge in [-0.05, 0) is 61.4 Å². The molecule has 1 fully saturated rings. The summed E-state index contributed by atoms with van der Waals surface area (Å²) in [5, 5.41) is 21.7. The number of anilines is 1. The molecule has 0 spiro atoms. The number of Topliss-reactive ketones (excluding diaryl/α,β-unsaturated/α-hetero) is 1. The van der Waals surface area contributed by atoms with Gasteiger partial charge in [-0.3, -0.25) is 14.5 Å². The summed E-state index contributed by atoms with van der Waals surface area (Å²) in [4.78, 5) is 37.6. The highest BCUT2D eigenvalue weighted by atomic mass is 32.1. The number of aromatic hydroxyl groups is 1. The van der Waals surface area contributed by atoms with Crippen molar-refractivity contribution in [2.75, 3.05) is 12.0 Å². The van der Waals surface area contributed by atoms with Gasteiger partial charge < -0.3 is 19.4 Å². The molecule has 0 saturated carbocycles. The Hall–Kier alpha value is -4.70. The van der Waals surface area contributed by atoms with Gasteiger partial charge in [-0.25, -0.2) is 9.97 Å². The van der Waals surface area contributed by atoms with Crippen LogP contribution in [-0.4, -0.2) is 43.4 Å². The number of hydrogen-bond donors (Lipinski definition) is 2. The standard InChI is InChI=1S/C28H22N4O5S/c1-14-5-4-12-31-15(2)22(30-26(14)31)24(34)21-23(16-6-8-17(33)9-7-16)32(27(36)25(21)35)28-29-19-11-10-18(37-3)13-20(19)38-28/h4-13,23,33-34H,1-3H3. The van der Waals surface area contributed by atoms with E-state index >= 15 is 0 Å². The molecule has 2 aromatic carbocycles. The Morgan fingerprint density at radius 3 is 2.53 bits per heavy atom. The number of carbonyl (C=O) groups excluding carboxylic acids is 2. The van der Waals surface area contributed by atoms with Crippen LogP contribution in [0.3, 0.4) is 0 Å². The largest absolute Gasteiger partial charge is 0.508 e. The number of imidazole rings is 1. The van der Waals surface area contributed by atoms with Gasteiger partial charge in [-0.15, -0.1) is 0 Å². The second-order valence-corrected chi connectivity index (χ2v) is 10.0. The normalized spacial score (nSPS) is 17.1. The van der Waals surface area contributed by atoms with E-state index in [1.165, 1.54) is 28.4 Å². The summed E-state index contributed by atoms with van der Waals surface area (Å²) < 4.78 is 7.92. The molecule has 3 aromatic heterocycles. The molecule has 0 radical (unpaired) electrons. The first-order valence-electron chi connectivity index (χ1n) is 11.8. The predicted molar refractivity (Wildman–Crippen MR) is 144 cm³/mol. The molecule has 0 bridgehead atoms. The van der Waals surface area contributed by atoms with E-state index in [1.807, 2.05) is 35.7 Å². The van der Waals surface area contributed by atoms with E-state index in [9.17, 15) is 19.8 Å². The number of rotatable bonds is 4. The maximum Gasteiger partial charge on any atom is 0.301 e. The van der Waals surface area contributed by atoms with E-state index in [2.05, 4.69) is 9.97 Å². The third-order valence-electron chi connectivity index (χ3n) is 6.75. The second-order valence-electron chi connectivity index (χ2n) is 9.02. The van der Waals surface area contributed by atoms with Crippen molar-refractivity contribution in [2.45, 2.75) is 19.9 Å². The van der Waals surface area contributed by atoms with Crippen molar-refractivity contribution >= 4 is 49.8 Å². The average Bonchev–Trinajstić information content (AvgIpc) is 3.56. The number of thiazole rings is 1. The Bertz CT molecular complexity index is 1800. The number of carbonyl (C=O) groups is 2. The Kier molecular flexibility index (Phi) is 5.42. The van der Waals surface area contributed by atoms with Crippen molar-refractivity contribution in [1.82, 2.24) is 14.4 Å². The minimum absolute atomic E-state index is 0.0319. The highest BCUT2D eigenvalue weighted by molar-refractivity contribution is 7.22. The number of fused-ring (bicyclic) bond motifs is 2. The number of pyridine rings is 1. The van der Waals surface area contributed by atoms with Gasteiger partial charge in [-0.2, -0.15) is 0 Å². The van der Waals surface area contributed by atoms with Crippen LogP contribution in [0.2, 0.25) is 0 Å². The summed E-state index contributed by atoms with van der Waals surface area (Å²) in [5.41, 5.74) is 3.46. The number of nitrogens with zero attached hydrogens (tertiary/aromatic N) is 4. The van der Waals surface area contributed by atoms with Gasteiger partial charge in [0.1, 0.15) is 22.8 Å². The Balaban J connectivity index is 1.58. The summed E-state index contributed by atoms with van der Waals surface area (Å²) in [6.07, 6.45) is 1.83. The zero-order valence-corrected chi connectivity index (χ0v) is 21.5. The van der Waals surface area contributed by atoms with Gasteiger partial charge in [0.25, 0.3) is 5.78 Å². The molecule has 6 rings (SSSR count). The molecule has 2 N–H and O–H groups in total. The van der Waals surface area contributed by atoms with E-state index in [-0.39, 0.29) is 22.8 Å². The minimum Gasteiger partial charge on any atom is -0.508 e. The van der Waals surface area contributed by atoms with Gasteiger partial charge in [0.15, 0.2) is 10.9 Å². The first kappa shape index (κ1) is 23.7. The maximum atomic E-state index is 13.5. The second kappa shape index (κ2) is 8.70. The zero-order valence-electron chi connectivity index (χ0n) is 20.7. The van der Waals surface area contributed by atoms with Crippen molar-refractivity contribution in [3.05, 3.63) is 88.9 Å². The number of aliphatic hydroxyl groups is 1. The summed E-state index contributed by atoms with van der Waals surface area (Å²) in [6.45, 7) is 3.70. The van der Waals surface area contributed by atoms with Gasteiger partial charge >= 0.3 is 5.91 Å². The average molecular weight is 527 g/mol. The fourth-order valence-electron chi connectivity index (χ4n) is 4.80. The van der Waals surface area contributed by atoms with Crippen LogP contribution < -0.4 is 9.64 Å². The highest BCUT2D eigenvalue weighted by Crippen LogP contribution is 2.45. The molecule has 10 heteroatoms.